The number of amides is 2. The Hall–Kier alpha value is -2.74. The lowest BCUT2D eigenvalue weighted by Gasteiger charge is -2.33. The molecule has 0 radical (unpaired) electrons. The van der Waals surface area contributed by atoms with E-state index in [1.54, 1.807) is 36.4 Å². The first-order valence-corrected chi connectivity index (χ1v) is 13.8. The van der Waals surface area contributed by atoms with Gasteiger partial charge in [-0.3, -0.25) is 9.59 Å². The fourth-order valence-corrected chi connectivity index (χ4v) is 5.27. The average Bonchev–Trinajstić information content (AvgIpc) is 2.90. The van der Waals surface area contributed by atoms with Crippen LogP contribution in [0, 0.1) is 11.3 Å². The van der Waals surface area contributed by atoms with Gasteiger partial charge in [0.05, 0.1) is 12.1 Å². The molecule has 0 saturated heterocycles. The highest BCUT2D eigenvalue weighted by molar-refractivity contribution is 5.82. The molecule has 1 saturated carbocycles. The molecule has 0 bridgehead atoms. The molecule has 5 atom stereocenters. The number of rotatable bonds is 11. The number of carbonyl (C=O) groups excluding carboxylic acids is 2. The zero-order valence-corrected chi connectivity index (χ0v) is 22.8. The number of aliphatic hydroxyl groups excluding tert-OH is 3. The summed E-state index contributed by atoms with van der Waals surface area (Å²) in [6, 6.07) is 16.4. The molecule has 1 aliphatic rings. The molecule has 1 fully saturated rings. The lowest BCUT2D eigenvalue weighted by molar-refractivity contribution is -0.140. The van der Waals surface area contributed by atoms with E-state index in [0.717, 1.165) is 25.7 Å². The Bertz CT molecular complexity index is 1000. The van der Waals surface area contributed by atoms with Crippen molar-refractivity contribution in [2.24, 2.45) is 11.3 Å². The highest BCUT2D eigenvalue weighted by atomic mass is 16.3. The van der Waals surface area contributed by atoms with E-state index in [2.05, 4.69) is 10.6 Å². The lowest BCUT2D eigenvalue weighted by Crippen LogP contribution is -2.54. The third-order valence-corrected chi connectivity index (χ3v) is 7.27. The molecule has 2 amide bonds. The van der Waals surface area contributed by atoms with Gasteiger partial charge in [0.2, 0.25) is 5.91 Å². The lowest BCUT2D eigenvalue weighted by atomic mass is 9.82. The number of hydrogen-bond acceptors (Lipinski definition) is 5. The fourth-order valence-electron chi connectivity index (χ4n) is 5.27. The quantitative estimate of drug-likeness (QED) is 0.252. The van der Waals surface area contributed by atoms with Gasteiger partial charge in [-0.2, -0.15) is 0 Å². The van der Waals surface area contributed by atoms with Gasteiger partial charge in [-0.05, 0) is 28.9 Å². The molecule has 7 nitrogen and oxygen atoms in total. The molecule has 0 heterocycles. The van der Waals surface area contributed by atoms with Crippen LogP contribution in [0.1, 0.15) is 104 Å². The van der Waals surface area contributed by atoms with Crippen LogP contribution in [0.4, 0.5) is 0 Å². The smallest absolute Gasteiger partial charge is 0.252 e. The molecular weight excluding hydrogens is 504 g/mol. The largest absolute Gasteiger partial charge is 0.388 e. The monoisotopic (exact) mass is 556 g/mol. The Kier molecular flexibility index (Phi) is 14.6. The minimum absolute atomic E-state index is 0. The molecule has 2 aromatic carbocycles. The van der Waals surface area contributed by atoms with E-state index in [4.69, 9.17) is 0 Å². The molecule has 0 spiro atoms. The first kappa shape index (κ1) is 35.3. The molecule has 7 heteroatoms. The fraction of sp³-hybridized carbons (Fsp3) is 0.576. The summed E-state index contributed by atoms with van der Waals surface area (Å²) in [7, 11) is 0. The highest BCUT2D eigenvalue weighted by Gasteiger charge is 2.36. The minimum atomic E-state index is -1.78. The van der Waals surface area contributed by atoms with Crippen molar-refractivity contribution in [3.8, 4) is 0 Å². The summed E-state index contributed by atoms with van der Waals surface area (Å²) < 4.78 is 0. The van der Waals surface area contributed by atoms with Gasteiger partial charge in [-0.1, -0.05) is 128 Å². The van der Waals surface area contributed by atoms with Crippen molar-refractivity contribution in [3.05, 3.63) is 71.8 Å². The maximum Gasteiger partial charge on any atom is 0.252 e. The molecule has 5 unspecified atom stereocenters. The molecule has 2 aromatic rings. The van der Waals surface area contributed by atoms with Gasteiger partial charge in [0.25, 0.3) is 5.91 Å². The van der Waals surface area contributed by atoms with Gasteiger partial charge in [-0.15, -0.1) is 0 Å². The van der Waals surface area contributed by atoms with Crippen molar-refractivity contribution in [1.29, 1.82) is 0 Å². The topological polar surface area (TPSA) is 119 Å². The number of hydrogen-bond donors (Lipinski definition) is 5. The zero-order valence-electron chi connectivity index (χ0n) is 22.8. The Labute approximate surface area is 241 Å². The van der Waals surface area contributed by atoms with Crippen molar-refractivity contribution < 1.29 is 24.9 Å². The molecule has 40 heavy (non-hydrogen) atoms. The predicted molar refractivity (Wildman–Crippen MR) is 161 cm³/mol. The summed E-state index contributed by atoms with van der Waals surface area (Å²) in [5, 5.41) is 39.0. The van der Waals surface area contributed by atoms with E-state index in [0.29, 0.717) is 23.5 Å². The standard InChI is InChI=1S/C31H44N2O5.2CH4/c1-31(2,3)20-25(34)32-24(19-21-13-7-4-8-14-21)28(36)29(37)30(38)33-26(22-15-9-5-10-16-22)27(35)23-17-11-6-12-18-23;;/h5-6,9-12,15-18,21,24,26-29,35-37H,4,7-8,13-14,19-20H2,1-3H3,(H,32,34)(H,33,38);2*1H4. The second-order valence-corrected chi connectivity index (χ2v) is 11.8. The average molecular weight is 557 g/mol. The van der Waals surface area contributed by atoms with Crippen LogP contribution in [0.15, 0.2) is 60.7 Å². The van der Waals surface area contributed by atoms with E-state index in [1.165, 1.54) is 6.42 Å². The molecule has 1 aliphatic carbocycles. The van der Waals surface area contributed by atoms with E-state index < -0.39 is 36.3 Å². The van der Waals surface area contributed by atoms with Crippen LogP contribution in [0.2, 0.25) is 0 Å². The van der Waals surface area contributed by atoms with Crippen molar-refractivity contribution >= 4 is 11.8 Å². The maximum atomic E-state index is 13.3. The van der Waals surface area contributed by atoms with Gasteiger partial charge in [-0.25, -0.2) is 0 Å². The number of aliphatic hydroxyl groups is 3. The summed E-state index contributed by atoms with van der Waals surface area (Å²) in [5.74, 6) is -0.711. The minimum Gasteiger partial charge on any atom is -0.388 e. The van der Waals surface area contributed by atoms with Crippen LogP contribution in [0.25, 0.3) is 0 Å². The van der Waals surface area contributed by atoms with E-state index in [-0.39, 0.29) is 32.6 Å². The summed E-state index contributed by atoms with van der Waals surface area (Å²) in [5.41, 5.74) is 1.04. The van der Waals surface area contributed by atoms with Gasteiger partial charge in [0, 0.05) is 6.42 Å². The number of benzene rings is 2. The molecular formula is C33H52N2O5. The van der Waals surface area contributed by atoms with Crippen LogP contribution in [0.3, 0.4) is 0 Å². The van der Waals surface area contributed by atoms with Crippen LogP contribution < -0.4 is 10.6 Å². The second-order valence-electron chi connectivity index (χ2n) is 11.8. The van der Waals surface area contributed by atoms with Crippen LogP contribution in [-0.2, 0) is 9.59 Å². The van der Waals surface area contributed by atoms with Gasteiger partial charge in [0.15, 0.2) is 6.10 Å². The Morgan fingerprint density at radius 1 is 0.825 bits per heavy atom. The van der Waals surface area contributed by atoms with Crippen LogP contribution in [-0.4, -0.2) is 45.4 Å². The summed E-state index contributed by atoms with van der Waals surface area (Å²) in [4.78, 5) is 26.0. The number of carbonyl (C=O) groups is 2. The summed E-state index contributed by atoms with van der Waals surface area (Å²) in [6.45, 7) is 5.88. The first-order valence-electron chi connectivity index (χ1n) is 13.8. The maximum absolute atomic E-state index is 13.3. The first-order chi connectivity index (χ1) is 18.0. The number of nitrogens with one attached hydrogen (secondary N) is 2. The zero-order chi connectivity index (χ0) is 27.7. The van der Waals surface area contributed by atoms with Crippen molar-refractivity contribution in [3.63, 3.8) is 0 Å². The normalized spacial score (nSPS) is 17.6. The molecule has 0 aromatic heterocycles. The van der Waals surface area contributed by atoms with Crippen LogP contribution in [0.5, 0.6) is 0 Å². The third kappa shape index (κ3) is 10.7. The molecule has 5 N–H and O–H groups in total. The van der Waals surface area contributed by atoms with E-state index in [1.807, 2.05) is 45.0 Å². The summed E-state index contributed by atoms with van der Waals surface area (Å²) in [6.07, 6.45) is 1.79. The van der Waals surface area contributed by atoms with Crippen molar-refractivity contribution in [2.45, 2.75) is 111 Å². The van der Waals surface area contributed by atoms with E-state index in [9.17, 15) is 24.9 Å². The second kappa shape index (κ2) is 16.5. The van der Waals surface area contributed by atoms with Crippen molar-refractivity contribution in [2.75, 3.05) is 0 Å². The van der Waals surface area contributed by atoms with Crippen molar-refractivity contribution in [1.82, 2.24) is 10.6 Å². The molecule has 3 rings (SSSR count). The Balaban J connectivity index is 0.00000400. The Morgan fingerprint density at radius 3 is 1.88 bits per heavy atom. The van der Waals surface area contributed by atoms with Crippen LogP contribution >= 0.6 is 0 Å². The molecule has 224 valence electrons. The highest BCUT2D eigenvalue weighted by Crippen LogP contribution is 2.31. The van der Waals surface area contributed by atoms with Gasteiger partial charge < -0.3 is 26.0 Å². The molecule has 0 aliphatic heterocycles. The van der Waals surface area contributed by atoms with Gasteiger partial charge in [0.1, 0.15) is 12.2 Å². The SMILES string of the molecule is C.C.CC(C)(C)CC(=O)NC(CC1CCCCC1)C(O)C(O)C(=O)NC(c1ccccc1)C(O)c1ccccc1. The summed E-state index contributed by atoms with van der Waals surface area (Å²) >= 11 is 0. The predicted octanol–water partition coefficient (Wildman–Crippen LogP) is 5.46. The van der Waals surface area contributed by atoms with Gasteiger partial charge >= 0.3 is 0 Å². The van der Waals surface area contributed by atoms with E-state index >= 15 is 0 Å². The Morgan fingerprint density at radius 2 is 1.35 bits per heavy atom. The third-order valence-electron chi connectivity index (χ3n) is 7.27.